The van der Waals surface area contributed by atoms with E-state index in [2.05, 4.69) is 50.4 Å². The highest BCUT2D eigenvalue weighted by Crippen LogP contribution is 2.28. The number of rotatable bonds is 2. The summed E-state index contributed by atoms with van der Waals surface area (Å²) in [5.41, 5.74) is 2.63. The molecule has 2 unspecified atom stereocenters. The first-order chi connectivity index (χ1) is 8.84. The topological polar surface area (TPSA) is 32.3 Å². The van der Waals surface area contributed by atoms with Crippen molar-refractivity contribution in [2.24, 2.45) is 0 Å². The molecular formula is C16H24N2O. The maximum Gasteiger partial charge on any atom is 0.241 e. The van der Waals surface area contributed by atoms with Crippen molar-refractivity contribution < 1.29 is 4.79 Å². The molecule has 1 fully saturated rings. The van der Waals surface area contributed by atoms with E-state index in [1.165, 1.54) is 5.56 Å². The molecule has 3 heteroatoms. The third kappa shape index (κ3) is 2.66. The zero-order valence-electron chi connectivity index (χ0n) is 12.5. The molecule has 2 rings (SSSR count). The molecule has 1 saturated heterocycles. The normalized spacial score (nSPS) is 24.1. The number of amides is 1. The third-order valence-corrected chi connectivity index (χ3v) is 3.89. The molecule has 104 valence electrons. The van der Waals surface area contributed by atoms with Crippen molar-refractivity contribution in [1.82, 2.24) is 10.2 Å². The molecule has 1 N–H and O–H groups in total. The molecule has 1 aromatic rings. The molecule has 0 radical (unpaired) electrons. The predicted molar refractivity (Wildman–Crippen MR) is 77.9 cm³/mol. The summed E-state index contributed by atoms with van der Waals surface area (Å²) in [6.45, 7) is 8.66. The van der Waals surface area contributed by atoms with Gasteiger partial charge in [-0.25, -0.2) is 0 Å². The maximum atomic E-state index is 12.0. The highest BCUT2D eigenvalue weighted by Gasteiger charge is 2.35. The van der Waals surface area contributed by atoms with Gasteiger partial charge < -0.3 is 4.90 Å². The Morgan fingerprint density at radius 2 is 1.79 bits per heavy atom. The van der Waals surface area contributed by atoms with Gasteiger partial charge in [-0.05, 0) is 23.0 Å². The van der Waals surface area contributed by atoms with Gasteiger partial charge in [-0.15, -0.1) is 0 Å². The van der Waals surface area contributed by atoms with Gasteiger partial charge in [-0.3, -0.25) is 10.1 Å². The van der Waals surface area contributed by atoms with Gasteiger partial charge in [0.05, 0.1) is 6.04 Å². The average molecular weight is 260 g/mol. The molecule has 0 saturated carbocycles. The van der Waals surface area contributed by atoms with Gasteiger partial charge in [0, 0.05) is 7.05 Å². The number of hydrogen-bond acceptors (Lipinski definition) is 2. The molecule has 2 atom stereocenters. The molecule has 0 aliphatic carbocycles. The summed E-state index contributed by atoms with van der Waals surface area (Å²) >= 11 is 0. The molecule has 0 bridgehead atoms. The van der Waals surface area contributed by atoms with Crippen molar-refractivity contribution in [3.8, 4) is 0 Å². The van der Waals surface area contributed by atoms with Crippen molar-refractivity contribution in [1.29, 1.82) is 0 Å². The van der Waals surface area contributed by atoms with Gasteiger partial charge in [0.1, 0.15) is 6.17 Å². The van der Waals surface area contributed by atoms with Crippen molar-refractivity contribution in [3.05, 3.63) is 35.4 Å². The largest absolute Gasteiger partial charge is 0.325 e. The standard InChI is InChI=1S/C16H24N2O/c1-6-13-15(19)18(5)14(17-13)11-7-9-12(10-8-11)16(2,3)4/h7-10,13-14,17H,6H2,1-5H3. The molecule has 1 aromatic carbocycles. The Kier molecular flexibility index (Phi) is 3.68. The summed E-state index contributed by atoms with van der Waals surface area (Å²) in [5, 5.41) is 3.39. The Labute approximate surface area is 116 Å². The fraction of sp³-hybridized carbons (Fsp3) is 0.562. The summed E-state index contributed by atoms with van der Waals surface area (Å²) in [7, 11) is 1.87. The monoisotopic (exact) mass is 260 g/mol. The summed E-state index contributed by atoms with van der Waals surface area (Å²) < 4.78 is 0. The van der Waals surface area contributed by atoms with Crippen LogP contribution < -0.4 is 5.32 Å². The van der Waals surface area contributed by atoms with Crippen LogP contribution in [0.15, 0.2) is 24.3 Å². The van der Waals surface area contributed by atoms with E-state index in [9.17, 15) is 4.79 Å². The number of benzene rings is 1. The van der Waals surface area contributed by atoms with Crippen LogP contribution in [0.1, 0.15) is 51.4 Å². The quantitative estimate of drug-likeness (QED) is 0.887. The van der Waals surface area contributed by atoms with E-state index in [-0.39, 0.29) is 23.5 Å². The number of nitrogens with zero attached hydrogens (tertiary/aromatic N) is 1. The molecular weight excluding hydrogens is 236 g/mol. The Morgan fingerprint density at radius 1 is 1.21 bits per heavy atom. The highest BCUT2D eigenvalue weighted by molar-refractivity contribution is 5.84. The van der Waals surface area contributed by atoms with Gasteiger partial charge >= 0.3 is 0 Å². The lowest BCUT2D eigenvalue weighted by Crippen LogP contribution is -2.27. The Hall–Kier alpha value is -1.35. The van der Waals surface area contributed by atoms with E-state index < -0.39 is 0 Å². The van der Waals surface area contributed by atoms with Gasteiger partial charge in [-0.2, -0.15) is 0 Å². The Morgan fingerprint density at radius 3 is 2.21 bits per heavy atom. The summed E-state index contributed by atoms with van der Waals surface area (Å²) in [5.74, 6) is 0.187. The van der Waals surface area contributed by atoms with Crippen LogP contribution in [0.4, 0.5) is 0 Å². The lowest BCUT2D eigenvalue weighted by atomic mass is 9.86. The average Bonchev–Trinajstić information content (AvgIpc) is 2.65. The minimum absolute atomic E-state index is 0.00599. The van der Waals surface area contributed by atoms with Crippen LogP contribution in [0.2, 0.25) is 0 Å². The molecule has 1 heterocycles. The molecule has 0 spiro atoms. The van der Waals surface area contributed by atoms with Gasteiger partial charge in [-0.1, -0.05) is 52.0 Å². The van der Waals surface area contributed by atoms with Crippen LogP contribution in [0, 0.1) is 0 Å². The van der Waals surface area contributed by atoms with Crippen LogP contribution in [0.25, 0.3) is 0 Å². The summed E-state index contributed by atoms with van der Waals surface area (Å²) in [6, 6.07) is 8.53. The zero-order chi connectivity index (χ0) is 14.2. The summed E-state index contributed by atoms with van der Waals surface area (Å²) in [4.78, 5) is 13.8. The third-order valence-electron chi connectivity index (χ3n) is 3.89. The molecule has 1 aliphatic rings. The van der Waals surface area contributed by atoms with E-state index in [0.29, 0.717) is 0 Å². The van der Waals surface area contributed by atoms with E-state index in [1.807, 2.05) is 14.0 Å². The number of carbonyl (C=O) groups is 1. The molecule has 3 nitrogen and oxygen atoms in total. The fourth-order valence-corrected chi connectivity index (χ4v) is 2.52. The lowest BCUT2D eigenvalue weighted by molar-refractivity contribution is -0.128. The number of hydrogen-bond donors (Lipinski definition) is 1. The maximum absolute atomic E-state index is 12.0. The minimum atomic E-state index is -0.0442. The first-order valence-electron chi connectivity index (χ1n) is 6.97. The highest BCUT2D eigenvalue weighted by atomic mass is 16.2. The van der Waals surface area contributed by atoms with Crippen molar-refractivity contribution >= 4 is 5.91 Å². The SMILES string of the molecule is CCC1NC(c2ccc(C(C)(C)C)cc2)N(C)C1=O. The number of carbonyl (C=O) groups excluding carboxylic acids is 1. The first-order valence-corrected chi connectivity index (χ1v) is 6.97. The van der Waals surface area contributed by atoms with Crippen molar-refractivity contribution in [3.63, 3.8) is 0 Å². The Bertz CT molecular complexity index is 459. The van der Waals surface area contributed by atoms with E-state index in [0.717, 1.165) is 12.0 Å². The lowest BCUT2D eigenvalue weighted by Gasteiger charge is -2.23. The fourth-order valence-electron chi connectivity index (χ4n) is 2.52. The molecule has 1 amide bonds. The smallest absolute Gasteiger partial charge is 0.241 e. The van der Waals surface area contributed by atoms with Crippen LogP contribution >= 0.6 is 0 Å². The van der Waals surface area contributed by atoms with Crippen LogP contribution in [-0.2, 0) is 10.2 Å². The van der Waals surface area contributed by atoms with Crippen molar-refractivity contribution in [2.75, 3.05) is 7.05 Å². The van der Waals surface area contributed by atoms with E-state index in [1.54, 1.807) is 4.90 Å². The van der Waals surface area contributed by atoms with Crippen LogP contribution in [0.5, 0.6) is 0 Å². The second-order valence-electron chi connectivity index (χ2n) is 6.35. The second kappa shape index (κ2) is 4.97. The number of nitrogens with one attached hydrogen (secondary N) is 1. The van der Waals surface area contributed by atoms with E-state index >= 15 is 0 Å². The van der Waals surface area contributed by atoms with Crippen LogP contribution in [-0.4, -0.2) is 23.9 Å². The molecule has 1 aliphatic heterocycles. The summed E-state index contributed by atoms with van der Waals surface area (Å²) in [6.07, 6.45) is 0.839. The zero-order valence-corrected chi connectivity index (χ0v) is 12.5. The van der Waals surface area contributed by atoms with Gasteiger partial charge in [0.15, 0.2) is 0 Å². The van der Waals surface area contributed by atoms with Gasteiger partial charge in [0.2, 0.25) is 5.91 Å². The van der Waals surface area contributed by atoms with E-state index in [4.69, 9.17) is 0 Å². The predicted octanol–water partition coefficient (Wildman–Crippen LogP) is 2.82. The second-order valence-corrected chi connectivity index (χ2v) is 6.35. The first kappa shape index (κ1) is 14.1. The Balaban J connectivity index is 2.22. The van der Waals surface area contributed by atoms with Crippen molar-refractivity contribution in [2.45, 2.75) is 51.7 Å². The number of likely N-dealkylation sites (N-methyl/N-ethyl adjacent to an activating group) is 1. The van der Waals surface area contributed by atoms with Crippen LogP contribution in [0.3, 0.4) is 0 Å². The molecule has 19 heavy (non-hydrogen) atoms. The van der Waals surface area contributed by atoms with Gasteiger partial charge in [0.25, 0.3) is 0 Å². The minimum Gasteiger partial charge on any atom is -0.325 e. The molecule has 0 aromatic heterocycles.